The molecule has 64 heavy (non-hydrogen) atoms. The number of nitrogens with zero attached hydrogens (tertiary/aromatic N) is 1. The van der Waals surface area contributed by atoms with Crippen LogP contribution in [-0.2, 0) is 16.2 Å². The zero-order valence-corrected chi connectivity index (χ0v) is 37.8. The topological polar surface area (TPSA) is 3.24 Å². The maximum Gasteiger partial charge on any atom is 0.0714 e. The number of hydrogen-bond acceptors (Lipinski definition) is 1. The molecule has 1 nitrogen and oxygen atoms in total. The molecule has 0 amide bonds. The Morgan fingerprint density at radius 1 is 0.312 bits per heavy atom. The lowest BCUT2D eigenvalue weighted by Gasteiger charge is -2.35. The zero-order chi connectivity index (χ0) is 44.1. The minimum atomic E-state index is -0.545. The van der Waals surface area contributed by atoms with Crippen LogP contribution >= 0.6 is 0 Å². The van der Waals surface area contributed by atoms with Crippen LogP contribution in [0, 0.1) is 0 Å². The van der Waals surface area contributed by atoms with Gasteiger partial charge in [0.05, 0.1) is 11.1 Å². The first kappa shape index (κ1) is 40.8. The van der Waals surface area contributed by atoms with Gasteiger partial charge in [-0.3, -0.25) is 0 Å². The maximum absolute atomic E-state index is 2.51. The quantitative estimate of drug-likeness (QED) is 0.148. The van der Waals surface area contributed by atoms with Gasteiger partial charge < -0.3 is 4.90 Å². The monoisotopic (exact) mass is 825 g/mol. The summed E-state index contributed by atoms with van der Waals surface area (Å²) in [5, 5.41) is 0. The van der Waals surface area contributed by atoms with E-state index in [9.17, 15) is 0 Å². The number of anilines is 3. The molecule has 312 valence electrons. The Labute approximate surface area is 380 Å². The van der Waals surface area contributed by atoms with Gasteiger partial charge in [-0.25, -0.2) is 0 Å². The van der Waals surface area contributed by atoms with Crippen LogP contribution in [0.3, 0.4) is 0 Å². The molecule has 0 atom stereocenters. The molecule has 0 unspecified atom stereocenters. The van der Waals surface area contributed by atoms with Crippen LogP contribution in [0.2, 0.25) is 0 Å². The van der Waals surface area contributed by atoms with Crippen LogP contribution in [0.4, 0.5) is 17.1 Å². The van der Waals surface area contributed by atoms with E-state index < -0.39 is 5.41 Å². The zero-order valence-electron chi connectivity index (χ0n) is 37.8. The van der Waals surface area contributed by atoms with E-state index in [1.54, 1.807) is 0 Å². The summed E-state index contributed by atoms with van der Waals surface area (Å²) in [6, 6.07) is 83.6. The molecular formula is C63H55N. The lowest BCUT2D eigenvalue weighted by atomic mass is 9.67. The van der Waals surface area contributed by atoms with Crippen molar-refractivity contribution >= 4 is 17.1 Å². The largest absolute Gasteiger partial charge is 0.310 e. The molecule has 0 heterocycles. The van der Waals surface area contributed by atoms with Gasteiger partial charge in [0.2, 0.25) is 0 Å². The second kappa shape index (κ2) is 16.2. The highest BCUT2D eigenvalue weighted by molar-refractivity contribution is 5.97. The average molecular weight is 826 g/mol. The predicted octanol–water partition coefficient (Wildman–Crippen LogP) is 17.1. The molecule has 0 saturated heterocycles. The third-order valence-corrected chi connectivity index (χ3v) is 13.3. The molecule has 10 rings (SSSR count). The van der Waals surface area contributed by atoms with Crippen molar-refractivity contribution in [1.29, 1.82) is 0 Å². The van der Waals surface area contributed by atoms with Crippen molar-refractivity contribution in [2.45, 2.75) is 57.8 Å². The molecule has 9 aromatic rings. The third kappa shape index (κ3) is 7.25. The van der Waals surface area contributed by atoms with Gasteiger partial charge in [-0.2, -0.15) is 0 Å². The molecule has 0 N–H and O–H groups in total. The van der Waals surface area contributed by atoms with Gasteiger partial charge in [0, 0.05) is 16.9 Å². The molecule has 0 saturated carbocycles. The van der Waals surface area contributed by atoms with Crippen molar-refractivity contribution < 1.29 is 0 Å². The summed E-state index contributed by atoms with van der Waals surface area (Å²) in [5.41, 5.74) is 20.4. The summed E-state index contributed by atoms with van der Waals surface area (Å²) in [5.74, 6) is 0. The highest BCUT2D eigenvalue weighted by Crippen LogP contribution is 2.59. The summed E-state index contributed by atoms with van der Waals surface area (Å²) in [7, 11) is 0. The normalized spacial score (nSPS) is 13.0. The van der Waals surface area contributed by atoms with E-state index in [1.807, 2.05) is 0 Å². The predicted molar refractivity (Wildman–Crippen MR) is 272 cm³/mol. The molecule has 1 aliphatic carbocycles. The van der Waals surface area contributed by atoms with Gasteiger partial charge in [-0.05, 0) is 120 Å². The van der Waals surface area contributed by atoms with Crippen LogP contribution in [-0.4, -0.2) is 0 Å². The molecule has 0 radical (unpaired) electrons. The molecule has 0 bridgehead atoms. The number of fused-ring (bicyclic) bond motifs is 3. The van der Waals surface area contributed by atoms with Crippen molar-refractivity contribution in [2.75, 3.05) is 4.90 Å². The summed E-state index contributed by atoms with van der Waals surface area (Å²) < 4.78 is 0. The van der Waals surface area contributed by atoms with E-state index in [-0.39, 0.29) is 10.8 Å². The number of rotatable bonds is 8. The van der Waals surface area contributed by atoms with Gasteiger partial charge in [-0.1, -0.05) is 230 Å². The summed E-state index contributed by atoms with van der Waals surface area (Å²) in [4.78, 5) is 2.48. The molecule has 0 aliphatic heterocycles. The first-order valence-corrected chi connectivity index (χ1v) is 22.7. The van der Waals surface area contributed by atoms with Crippen LogP contribution < -0.4 is 4.90 Å². The Hall–Kier alpha value is -7.22. The number of hydrogen-bond donors (Lipinski definition) is 0. The minimum Gasteiger partial charge on any atom is -0.310 e. The highest BCUT2D eigenvalue weighted by atomic mass is 15.1. The van der Waals surface area contributed by atoms with Gasteiger partial charge in [0.25, 0.3) is 0 Å². The first-order valence-electron chi connectivity index (χ1n) is 22.7. The van der Waals surface area contributed by atoms with E-state index in [2.05, 4.69) is 271 Å². The van der Waals surface area contributed by atoms with Crippen LogP contribution in [0.15, 0.2) is 224 Å². The fourth-order valence-corrected chi connectivity index (χ4v) is 9.87. The molecule has 0 spiro atoms. The molecular weight excluding hydrogens is 771 g/mol. The highest BCUT2D eigenvalue weighted by Gasteiger charge is 2.46. The van der Waals surface area contributed by atoms with E-state index >= 15 is 0 Å². The van der Waals surface area contributed by atoms with Crippen molar-refractivity contribution in [3.8, 4) is 44.5 Å². The Morgan fingerprint density at radius 3 is 1.14 bits per heavy atom. The summed E-state index contributed by atoms with van der Waals surface area (Å²) in [6.45, 7) is 13.6. The van der Waals surface area contributed by atoms with E-state index in [0.29, 0.717) is 0 Å². The second-order valence-electron chi connectivity index (χ2n) is 19.4. The minimum absolute atomic E-state index is 0.0978. The van der Waals surface area contributed by atoms with Gasteiger partial charge in [-0.15, -0.1) is 0 Å². The van der Waals surface area contributed by atoms with E-state index in [1.165, 1.54) is 77.9 Å². The van der Waals surface area contributed by atoms with Crippen LogP contribution in [0.5, 0.6) is 0 Å². The van der Waals surface area contributed by atoms with Gasteiger partial charge in [0.15, 0.2) is 0 Å². The summed E-state index contributed by atoms with van der Waals surface area (Å²) >= 11 is 0. The van der Waals surface area contributed by atoms with Crippen molar-refractivity contribution in [3.63, 3.8) is 0 Å². The molecule has 0 fully saturated rings. The van der Waals surface area contributed by atoms with Crippen LogP contribution in [0.25, 0.3) is 44.5 Å². The third-order valence-electron chi connectivity index (χ3n) is 13.3. The average Bonchev–Trinajstić information content (AvgIpc) is 3.62. The number of benzene rings is 9. The molecule has 1 aliphatic rings. The fourth-order valence-electron chi connectivity index (χ4n) is 9.87. The summed E-state index contributed by atoms with van der Waals surface area (Å²) in [6.07, 6.45) is 0. The van der Waals surface area contributed by atoms with Crippen LogP contribution in [0.1, 0.15) is 74.9 Å². The second-order valence-corrected chi connectivity index (χ2v) is 19.4. The SMILES string of the molecule is CC(C)(C)c1ccc(-c2ccc(N(c3ccc(-c4ccc(C(C)(C)C)cc4)cc3)c3cc4c(cc3-c3ccccc3)-c3ccccc3C4(c3ccccc3)c3ccccc3)cc2)cc1. The lowest BCUT2D eigenvalue weighted by molar-refractivity contribution is 0.590. The molecule has 9 aromatic carbocycles. The Kier molecular flexibility index (Phi) is 10.3. The maximum atomic E-state index is 2.51. The van der Waals surface area contributed by atoms with Crippen molar-refractivity contribution in [1.82, 2.24) is 0 Å². The van der Waals surface area contributed by atoms with Crippen molar-refractivity contribution in [2.24, 2.45) is 0 Å². The van der Waals surface area contributed by atoms with E-state index in [0.717, 1.165) is 17.1 Å². The van der Waals surface area contributed by atoms with E-state index in [4.69, 9.17) is 0 Å². The van der Waals surface area contributed by atoms with Crippen molar-refractivity contribution in [3.05, 3.63) is 258 Å². The lowest BCUT2D eigenvalue weighted by Crippen LogP contribution is -2.28. The fraction of sp³-hybridized carbons (Fsp3) is 0.143. The Balaban J connectivity index is 1.21. The Bertz CT molecular complexity index is 2900. The molecule has 0 aromatic heterocycles. The van der Waals surface area contributed by atoms with Gasteiger partial charge >= 0.3 is 0 Å². The standard InChI is InChI=1S/C63H55N/c1-61(2,3)49-34-26-44(27-35-49)46-30-38-53(39-31-46)64(54-40-32-47(33-41-54)45-28-36-50(37-29-45)62(4,5)6)60-43-59-57(42-56(60)48-18-10-7-11-19-48)55-24-16-17-25-58(55)63(59,51-20-12-8-13-21-51)52-22-14-9-15-23-52/h7-43H,1-6H3. The smallest absolute Gasteiger partial charge is 0.0714 e. The Morgan fingerprint density at radius 2 is 0.703 bits per heavy atom. The first-order chi connectivity index (χ1) is 31.0. The van der Waals surface area contributed by atoms with Gasteiger partial charge in [0.1, 0.15) is 0 Å². The molecule has 1 heteroatoms.